The monoisotopic (exact) mass is 254 g/mol. The minimum Gasteiger partial charge on any atom is -0.314 e. The van der Waals surface area contributed by atoms with Gasteiger partial charge in [0.15, 0.2) is 0 Å². The third-order valence-corrected chi connectivity index (χ3v) is 4.34. The first-order chi connectivity index (χ1) is 8.77. The summed E-state index contributed by atoms with van der Waals surface area (Å²) in [6.45, 7) is 6.42. The van der Waals surface area contributed by atoms with E-state index in [0.29, 0.717) is 12.0 Å². The Morgan fingerprint density at radius 1 is 1.11 bits per heavy atom. The highest BCUT2D eigenvalue weighted by molar-refractivity contribution is 4.89. The molecule has 0 radical (unpaired) electrons. The molecule has 1 aliphatic carbocycles. The van der Waals surface area contributed by atoms with Crippen LogP contribution in [0.3, 0.4) is 0 Å². The summed E-state index contributed by atoms with van der Waals surface area (Å²) in [4.78, 5) is 5.68. The van der Waals surface area contributed by atoms with Gasteiger partial charge in [-0.1, -0.05) is 33.1 Å². The zero-order valence-electron chi connectivity index (χ0n) is 12.1. The van der Waals surface area contributed by atoms with Gasteiger partial charge >= 0.3 is 0 Å². The first-order valence-electron chi connectivity index (χ1n) is 7.88. The van der Waals surface area contributed by atoms with Gasteiger partial charge < -0.3 is 10.2 Å². The Labute approximate surface area is 112 Å². The number of hydroxylamine groups is 1. The number of piperidine rings is 1. The summed E-state index contributed by atoms with van der Waals surface area (Å²) < 4.78 is 0. The number of hydrogen-bond acceptors (Lipinski definition) is 3. The van der Waals surface area contributed by atoms with E-state index in [0.717, 1.165) is 18.6 Å². The van der Waals surface area contributed by atoms with Crippen LogP contribution >= 0.6 is 0 Å². The summed E-state index contributed by atoms with van der Waals surface area (Å²) in [6, 6.07) is 1.28. The zero-order valence-corrected chi connectivity index (χ0v) is 12.1. The van der Waals surface area contributed by atoms with Crippen molar-refractivity contribution >= 4 is 0 Å². The molecule has 1 heterocycles. The van der Waals surface area contributed by atoms with E-state index in [2.05, 4.69) is 24.6 Å². The van der Waals surface area contributed by atoms with Crippen LogP contribution in [-0.2, 0) is 4.84 Å². The van der Waals surface area contributed by atoms with Gasteiger partial charge in [-0.05, 0) is 44.1 Å². The predicted octanol–water partition coefficient (Wildman–Crippen LogP) is 2.86. The fraction of sp³-hybridized carbons (Fsp3) is 1.00. The van der Waals surface area contributed by atoms with Gasteiger partial charge in [-0.2, -0.15) is 5.48 Å². The number of nitrogens with one attached hydrogen (secondary N) is 2. The average Bonchev–Trinajstić information content (AvgIpc) is 2.40. The Hall–Kier alpha value is -0.120. The molecule has 0 bridgehead atoms. The standard InChI is InChI=1S/C15H30N2O/c1-12(2)11-18-17-15-9-4-3-7-13(15)14-8-5-6-10-16-14/h12-17H,3-11H2,1-2H3. The van der Waals surface area contributed by atoms with Crippen molar-refractivity contribution in [3.8, 4) is 0 Å². The molecule has 3 atom stereocenters. The highest BCUT2D eigenvalue weighted by Gasteiger charge is 2.32. The molecule has 1 saturated carbocycles. The number of hydrogen-bond donors (Lipinski definition) is 2. The Balaban J connectivity index is 1.80. The van der Waals surface area contributed by atoms with E-state index < -0.39 is 0 Å². The van der Waals surface area contributed by atoms with Crippen LogP contribution in [0.2, 0.25) is 0 Å². The Bertz CT molecular complexity index is 227. The molecular weight excluding hydrogens is 224 g/mol. The zero-order chi connectivity index (χ0) is 12.8. The predicted molar refractivity (Wildman–Crippen MR) is 75.3 cm³/mol. The van der Waals surface area contributed by atoms with Crippen LogP contribution in [0.1, 0.15) is 58.8 Å². The third kappa shape index (κ3) is 4.22. The van der Waals surface area contributed by atoms with E-state index in [1.165, 1.54) is 51.5 Å². The van der Waals surface area contributed by atoms with Gasteiger partial charge in [-0.3, -0.25) is 0 Å². The lowest BCUT2D eigenvalue weighted by Gasteiger charge is -2.39. The van der Waals surface area contributed by atoms with Crippen LogP contribution in [0.5, 0.6) is 0 Å². The minimum absolute atomic E-state index is 0.563. The summed E-state index contributed by atoms with van der Waals surface area (Å²) in [6.07, 6.45) is 9.49. The van der Waals surface area contributed by atoms with Crippen LogP contribution in [0.25, 0.3) is 0 Å². The molecular formula is C15H30N2O. The summed E-state index contributed by atoms with van der Waals surface area (Å²) in [5.74, 6) is 1.37. The average molecular weight is 254 g/mol. The van der Waals surface area contributed by atoms with Crippen molar-refractivity contribution in [1.82, 2.24) is 10.8 Å². The lowest BCUT2D eigenvalue weighted by molar-refractivity contribution is -0.0279. The van der Waals surface area contributed by atoms with Gasteiger partial charge in [0.05, 0.1) is 6.61 Å². The van der Waals surface area contributed by atoms with Crippen LogP contribution in [0.4, 0.5) is 0 Å². The Kier molecular flexibility index (Phi) is 5.93. The van der Waals surface area contributed by atoms with Gasteiger partial charge in [-0.25, -0.2) is 0 Å². The highest BCUT2D eigenvalue weighted by atomic mass is 16.6. The summed E-state index contributed by atoms with van der Waals surface area (Å²) in [5.41, 5.74) is 3.36. The molecule has 0 aromatic rings. The van der Waals surface area contributed by atoms with Crippen molar-refractivity contribution in [3.05, 3.63) is 0 Å². The van der Waals surface area contributed by atoms with Crippen molar-refractivity contribution in [2.45, 2.75) is 70.9 Å². The second-order valence-corrected chi connectivity index (χ2v) is 6.43. The first-order valence-corrected chi connectivity index (χ1v) is 7.88. The van der Waals surface area contributed by atoms with Crippen molar-refractivity contribution in [2.24, 2.45) is 11.8 Å². The maximum Gasteiger partial charge on any atom is 0.0705 e. The highest BCUT2D eigenvalue weighted by Crippen LogP contribution is 2.30. The van der Waals surface area contributed by atoms with Gasteiger partial charge in [0.25, 0.3) is 0 Å². The molecule has 0 spiro atoms. The number of rotatable bonds is 5. The van der Waals surface area contributed by atoms with Gasteiger partial charge in [-0.15, -0.1) is 0 Å². The van der Waals surface area contributed by atoms with Crippen LogP contribution in [0, 0.1) is 11.8 Å². The van der Waals surface area contributed by atoms with Crippen LogP contribution < -0.4 is 10.8 Å². The molecule has 3 unspecified atom stereocenters. The van der Waals surface area contributed by atoms with E-state index >= 15 is 0 Å². The molecule has 3 heteroatoms. The van der Waals surface area contributed by atoms with Gasteiger partial charge in [0.1, 0.15) is 0 Å². The van der Waals surface area contributed by atoms with Crippen molar-refractivity contribution < 1.29 is 4.84 Å². The molecule has 2 aliphatic rings. The van der Waals surface area contributed by atoms with Crippen molar-refractivity contribution in [3.63, 3.8) is 0 Å². The minimum atomic E-state index is 0.563. The molecule has 3 nitrogen and oxygen atoms in total. The smallest absolute Gasteiger partial charge is 0.0705 e. The maximum absolute atomic E-state index is 5.68. The van der Waals surface area contributed by atoms with E-state index in [9.17, 15) is 0 Å². The summed E-state index contributed by atoms with van der Waals surface area (Å²) in [7, 11) is 0. The molecule has 18 heavy (non-hydrogen) atoms. The van der Waals surface area contributed by atoms with E-state index in [4.69, 9.17) is 4.84 Å². The molecule has 0 aromatic heterocycles. The lowest BCUT2D eigenvalue weighted by Crippen LogP contribution is -2.50. The lowest BCUT2D eigenvalue weighted by atomic mass is 9.77. The summed E-state index contributed by atoms with van der Waals surface area (Å²) in [5, 5.41) is 3.72. The molecule has 1 saturated heterocycles. The van der Waals surface area contributed by atoms with Gasteiger partial charge in [0.2, 0.25) is 0 Å². The largest absolute Gasteiger partial charge is 0.314 e. The quantitative estimate of drug-likeness (QED) is 0.740. The second kappa shape index (κ2) is 7.46. The molecule has 0 amide bonds. The SMILES string of the molecule is CC(C)CONC1CCCCC1C1CCCCN1. The van der Waals surface area contributed by atoms with Crippen LogP contribution in [0.15, 0.2) is 0 Å². The normalized spacial score (nSPS) is 33.8. The summed E-state index contributed by atoms with van der Waals surface area (Å²) >= 11 is 0. The third-order valence-electron chi connectivity index (χ3n) is 4.34. The molecule has 106 valence electrons. The van der Waals surface area contributed by atoms with Crippen molar-refractivity contribution in [1.29, 1.82) is 0 Å². The molecule has 1 aliphatic heterocycles. The second-order valence-electron chi connectivity index (χ2n) is 6.43. The Morgan fingerprint density at radius 3 is 2.61 bits per heavy atom. The molecule has 2 rings (SSSR count). The molecule has 2 fully saturated rings. The topological polar surface area (TPSA) is 33.3 Å². The molecule has 0 aromatic carbocycles. The Morgan fingerprint density at radius 2 is 1.89 bits per heavy atom. The van der Waals surface area contributed by atoms with Crippen LogP contribution in [-0.4, -0.2) is 25.2 Å². The fourth-order valence-corrected chi connectivity index (χ4v) is 3.35. The first kappa shape index (κ1) is 14.3. The fourth-order valence-electron chi connectivity index (χ4n) is 3.35. The molecule has 2 N–H and O–H groups in total. The maximum atomic E-state index is 5.68. The van der Waals surface area contributed by atoms with E-state index in [-0.39, 0.29) is 0 Å². The van der Waals surface area contributed by atoms with Gasteiger partial charge in [0, 0.05) is 12.1 Å². The van der Waals surface area contributed by atoms with Crippen molar-refractivity contribution in [2.75, 3.05) is 13.2 Å². The van der Waals surface area contributed by atoms with E-state index in [1.807, 2.05) is 0 Å². The van der Waals surface area contributed by atoms with E-state index in [1.54, 1.807) is 0 Å².